The maximum Gasteiger partial charge on any atom is 0.274 e. The highest BCUT2D eigenvalue weighted by Gasteiger charge is 2.13. The van der Waals surface area contributed by atoms with Crippen LogP contribution in [-0.4, -0.2) is 36.6 Å². The predicted molar refractivity (Wildman–Crippen MR) is 92.9 cm³/mol. The van der Waals surface area contributed by atoms with Crippen LogP contribution in [0.25, 0.3) is 0 Å². The van der Waals surface area contributed by atoms with Gasteiger partial charge in [-0.25, -0.2) is 9.97 Å². The van der Waals surface area contributed by atoms with Gasteiger partial charge in [-0.1, -0.05) is 13.8 Å². The number of benzene rings is 1. The van der Waals surface area contributed by atoms with E-state index in [0.717, 1.165) is 6.54 Å². The number of nitrogens with one attached hydrogen (secondary N) is 2. The lowest BCUT2D eigenvalue weighted by Crippen LogP contribution is -2.16. The van der Waals surface area contributed by atoms with Crippen molar-refractivity contribution in [3.8, 4) is 11.5 Å². The minimum absolute atomic E-state index is 0.265. The molecule has 0 aliphatic rings. The average Bonchev–Trinajstić information content (AvgIpc) is 2.60. The number of ether oxygens (including phenoxy) is 2. The smallest absolute Gasteiger partial charge is 0.274 e. The number of aromatic nitrogens is 2. The predicted octanol–water partition coefficient (Wildman–Crippen LogP) is 2.81. The van der Waals surface area contributed by atoms with Gasteiger partial charge in [-0.3, -0.25) is 4.79 Å². The first kappa shape index (κ1) is 17.5. The number of anilines is 2. The molecule has 2 rings (SSSR count). The van der Waals surface area contributed by atoms with Gasteiger partial charge in [0.25, 0.3) is 5.91 Å². The van der Waals surface area contributed by atoms with Gasteiger partial charge in [-0.05, 0) is 18.1 Å². The standard InChI is InChI=1S/C17H22N4O3/c1-11(2)9-18-16-8-14(19-10-20-16)17(22)21-13-7-12(23-3)5-6-15(13)24-4/h5-8,10-11H,9H2,1-4H3,(H,21,22)(H,18,19,20). The maximum atomic E-state index is 12.4. The van der Waals surface area contributed by atoms with E-state index in [4.69, 9.17) is 9.47 Å². The maximum absolute atomic E-state index is 12.4. The number of nitrogens with zero attached hydrogens (tertiary/aromatic N) is 2. The first-order valence-electron chi connectivity index (χ1n) is 7.62. The van der Waals surface area contributed by atoms with Crippen LogP contribution >= 0.6 is 0 Å². The number of rotatable bonds is 7. The Hall–Kier alpha value is -2.83. The molecule has 1 heterocycles. The first-order valence-corrected chi connectivity index (χ1v) is 7.62. The number of hydrogen-bond acceptors (Lipinski definition) is 6. The molecule has 2 N–H and O–H groups in total. The Bertz CT molecular complexity index is 704. The molecule has 7 nitrogen and oxygen atoms in total. The van der Waals surface area contributed by atoms with E-state index in [0.29, 0.717) is 28.9 Å². The van der Waals surface area contributed by atoms with E-state index in [9.17, 15) is 4.79 Å². The van der Waals surface area contributed by atoms with Gasteiger partial charge in [0.15, 0.2) is 0 Å². The SMILES string of the molecule is COc1ccc(OC)c(NC(=O)c2cc(NCC(C)C)ncn2)c1. The molecule has 0 aliphatic heterocycles. The van der Waals surface area contributed by atoms with Gasteiger partial charge in [0.1, 0.15) is 29.3 Å². The largest absolute Gasteiger partial charge is 0.497 e. The molecular formula is C17H22N4O3. The van der Waals surface area contributed by atoms with Crippen LogP contribution < -0.4 is 20.1 Å². The monoisotopic (exact) mass is 330 g/mol. The number of hydrogen-bond donors (Lipinski definition) is 2. The van der Waals surface area contributed by atoms with Gasteiger partial charge in [0, 0.05) is 18.7 Å². The van der Waals surface area contributed by atoms with Crippen molar-refractivity contribution in [3.63, 3.8) is 0 Å². The normalized spacial score (nSPS) is 10.4. The number of methoxy groups -OCH3 is 2. The van der Waals surface area contributed by atoms with Crippen LogP contribution in [0.3, 0.4) is 0 Å². The van der Waals surface area contributed by atoms with E-state index in [1.165, 1.54) is 13.4 Å². The molecule has 0 aliphatic carbocycles. The molecule has 0 radical (unpaired) electrons. The molecular weight excluding hydrogens is 308 g/mol. The molecule has 0 unspecified atom stereocenters. The number of carbonyl (C=O) groups is 1. The highest BCUT2D eigenvalue weighted by molar-refractivity contribution is 6.04. The van der Waals surface area contributed by atoms with Gasteiger partial charge in [-0.15, -0.1) is 0 Å². The Kier molecular flexibility index (Phi) is 5.95. The third-order valence-corrected chi connectivity index (χ3v) is 3.25. The van der Waals surface area contributed by atoms with Crippen molar-refractivity contribution < 1.29 is 14.3 Å². The van der Waals surface area contributed by atoms with Gasteiger partial charge in [0.2, 0.25) is 0 Å². The Labute approximate surface area is 141 Å². The van der Waals surface area contributed by atoms with Crippen LogP contribution in [0.5, 0.6) is 11.5 Å². The van der Waals surface area contributed by atoms with E-state index in [1.54, 1.807) is 31.4 Å². The Morgan fingerprint density at radius 1 is 1.17 bits per heavy atom. The second-order valence-corrected chi connectivity index (χ2v) is 5.58. The quantitative estimate of drug-likeness (QED) is 0.812. The van der Waals surface area contributed by atoms with Crippen molar-refractivity contribution in [2.75, 3.05) is 31.4 Å². The van der Waals surface area contributed by atoms with Gasteiger partial charge in [0.05, 0.1) is 19.9 Å². The summed E-state index contributed by atoms with van der Waals surface area (Å²) in [6.45, 7) is 4.95. The fourth-order valence-electron chi connectivity index (χ4n) is 1.98. The van der Waals surface area contributed by atoms with Crippen molar-refractivity contribution in [3.05, 3.63) is 36.3 Å². The highest BCUT2D eigenvalue weighted by atomic mass is 16.5. The van der Waals surface area contributed by atoms with Crippen molar-refractivity contribution >= 4 is 17.4 Å². The number of carbonyl (C=O) groups excluding carboxylic acids is 1. The van der Waals surface area contributed by atoms with E-state index in [1.807, 2.05) is 0 Å². The van der Waals surface area contributed by atoms with Gasteiger partial charge >= 0.3 is 0 Å². The summed E-state index contributed by atoms with van der Waals surface area (Å²) in [5.41, 5.74) is 0.776. The van der Waals surface area contributed by atoms with Gasteiger partial charge in [-0.2, -0.15) is 0 Å². The van der Waals surface area contributed by atoms with Crippen LogP contribution in [0.2, 0.25) is 0 Å². The highest BCUT2D eigenvalue weighted by Crippen LogP contribution is 2.29. The molecule has 24 heavy (non-hydrogen) atoms. The fraction of sp³-hybridized carbons (Fsp3) is 0.353. The molecule has 128 valence electrons. The summed E-state index contributed by atoms with van der Waals surface area (Å²) >= 11 is 0. The second kappa shape index (κ2) is 8.14. The summed E-state index contributed by atoms with van der Waals surface area (Å²) in [5, 5.41) is 5.95. The van der Waals surface area contributed by atoms with E-state index < -0.39 is 0 Å². The molecule has 1 aromatic carbocycles. The Morgan fingerprint density at radius 3 is 2.62 bits per heavy atom. The lowest BCUT2D eigenvalue weighted by atomic mass is 10.2. The van der Waals surface area contributed by atoms with Gasteiger partial charge < -0.3 is 20.1 Å². The minimum atomic E-state index is -0.350. The zero-order valence-corrected chi connectivity index (χ0v) is 14.3. The molecule has 7 heteroatoms. The van der Waals surface area contributed by atoms with Crippen LogP contribution in [-0.2, 0) is 0 Å². The third-order valence-electron chi connectivity index (χ3n) is 3.25. The van der Waals surface area contributed by atoms with Crippen LogP contribution in [0, 0.1) is 5.92 Å². The van der Waals surface area contributed by atoms with E-state index in [-0.39, 0.29) is 11.6 Å². The van der Waals surface area contributed by atoms with Crippen molar-refractivity contribution in [1.29, 1.82) is 0 Å². The molecule has 1 amide bonds. The summed E-state index contributed by atoms with van der Waals surface area (Å²) in [6, 6.07) is 6.79. The zero-order valence-electron chi connectivity index (χ0n) is 14.3. The Morgan fingerprint density at radius 2 is 1.96 bits per heavy atom. The van der Waals surface area contributed by atoms with Crippen LogP contribution in [0.4, 0.5) is 11.5 Å². The van der Waals surface area contributed by atoms with E-state index >= 15 is 0 Å². The van der Waals surface area contributed by atoms with E-state index in [2.05, 4.69) is 34.4 Å². The topological polar surface area (TPSA) is 85.4 Å². The van der Waals surface area contributed by atoms with Crippen molar-refractivity contribution in [2.45, 2.75) is 13.8 Å². The zero-order chi connectivity index (χ0) is 17.5. The summed E-state index contributed by atoms with van der Waals surface area (Å²) in [4.78, 5) is 20.6. The molecule has 1 aromatic heterocycles. The second-order valence-electron chi connectivity index (χ2n) is 5.58. The number of amides is 1. The minimum Gasteiger partial charge on any atom is -0.497 e. The molecule has 0 saturated carbocycles. The van der Waals surface area contributed by atoms with Crippen molar-refractivity contribution in [2.24, 2.45) is 5.92 Å². The van der Waals surface area contributed by atoms with Crippen LogP contribution in [0.1, 0.15) is 24.3 Å². The summed E-state index contributed by atoms with van der Waals surface area (Å²) in [6.07, 6.45) is 1.36. The molecule has 0 bridgehead atoms. The summed E-state index contributed by atoms with van der Waals surface area (Å²) in [5.74, 6) is 1.89. The van der Waals surface area contributed by atoms with Crippen LogP contribution in [0.15, 0.2) is 30.6 Å². The molecule has 0 atom stereocenters. The summed E-state index contributed by atoms with van der Waals surface area (Å²) in [7, 11) is 3.10. The first-order chi connectivity index (χ1) is 11.5. The molecule has 0 fully saturated rings. The fourth-order valence-corrected chi connectivity index (χ4v) is 1.98. The Balaban J connectivity index is 2.16. The lowest BCUT2D eigenvalue weighted by Gasteiger charge is -2.12. The van der Waals surface area contributed by atoms with Crippen molar-refractivity contribution in [1.82, 2.24) is 9.97 Å². The molecule has 0 spiro atoms. The third kappa shape index (κ3) is 4.58. The average molecular weight is 330 g/mol. The lowest BCUT2D eigenvalue weighted by molar-refractivity contribution is 0.102. The molecule has 2 aromatic rings. The summed E-state index contributed by atoms with van der Waals surface area (Å²) < 4.78 is 10.4. The molecule has 0 saturated heterocycles.